The minimum Gasteiger partial charge on any atom is -0.504 e. The predicted molar refractivity (Wildman–Crippen MR) is 99.6 cm³/mol. The number of ether oxygens (including phenoxy) is 2. The molecule has 1 aromatic heterocycles. The number of aliphatic hydroxyl groups excluding tert-OH is 3. The molecule has 4 rings (SSSR count). The number of phenolic OH excluding ortho intramolecular Hbond substituents is 1. The zero-order valence-corrected chi connectivity index (χ0v) is 14.9. The topological polar surface area (TPSA) is 150 Å². The van der Waals surface area contributed by atoms with Crippen molar-refractivity contribution < 1.29 is 39.4 Å². The van der Waals surface area contributed by atoms with Gasteiger partial charge in [-0.2, -0.15) is 0 Å². The monoisotopic (exact) mass is 402 g/mol. The van der Waals surface area contributed by atoms with Crippen LogP contribution in [0.1, 0.15) is 0 Å². The Hall–Kier alpha value is -3.11. The van der Waals surface area contributed by atoms with E-state index in [0.717, 1.165) is 0 Å². The molecule has 4 atom stereocenters. The number of hydrogen-bond donors (Lipinski definition) is 5. The van der Waals surface area contributed by atoms with Gasteiger partial charge in [0.15, 0.2) is 17.3 Å². The number of aliphatic hydroxyl groups is 3. The van der Waals surface area contributed by atoms with Crippen molar-refractivity contribution in [1.82, 2.24) is 0 Å². The molecule has 3 aromatic rings. The van der Waals surface area contributed by atoms with E-state index >= 15 is 0 Å². The lowest BCUT2D eigenvalue weighted by molar-refractivity contribution is -0.117. The van der Waals surface area contributed by atoms with Crippen LogP contribution in [0.15, 0.2) is 51.7 Å². The van der Waals surface area contributed by atoms with Crippen molar-refractivity contribution in [2.24, 2.45) is 0 Å². The molecule has 2 aromatic carbocycles. The first-order chi connectivity index (χ1) is 13.9. The molecule has 0 bridgehead atoms. The second-order valence-electron chi connectivity index (χ2n) is 6.61. The molecular weight excluding hydrogens is 384 g/mol. The number of fused-ring (bicyclic) bond motifs is 1. The minimum absolute atomic E-state index is 0.0776. The Morgan fingerprint density at radius 3 is 2.48 bits per heavy atom. The maximum Gasteiger partial charge on any atom is 0.235 e. The first-order valence-corrected chi connectivity index (χ1v) is 8.78. The van der Waals surface area contributed by atoms with Crippen molar-refractivity contribution in [2.75, 3.05) is 6.61 Å². The van der Waals surface area contributed by atoms with E-state index < -0.39 is 42.4 Å². The maximum atomic E-state index is 12.3. The highest BCUT2D eigenvalue weighted by molar-refractivity contribution is 5.82. The van der Waals surface area contributed by atoms with Gasteiger partial charge in [-0.05, 0) is 30.3 Å². The summed E-state index contributed by atoms with van der Waals surface area (Å²) in [5.74, 6) is -1.18. The Labute approximate surface area is 163 Å². The summed E-state index contributed by atoms with van der Waals surface area (Å²) in [6, 6.07) is 10.4. The van der Waals surface area contributed by atoms with Crippen LogP contribution in [0.2, 0.25) is 0 Å². The second kappa shape index (κ2) is 7.37. The molecule has 1 aliphatic rings. The molecular formula is C20H18O9. The van der Waals surface area contributed by atoms with Crippen molar-refractivity contribution in [3.05, 3.63) is 52.7 Å². The molecule has 1 aliphatic heterocycles. The maximum absolute atomic E-state index is 12.3. The van der Waals surface area contributed by atoms with Crippen LogP contribution >= 0.6 is 0 Å². The average Bonchev–Trinajstić information content (AvgIpc) is 3.00. The van der Waals surface area contributed by atoms with Gasteiger partial charge in [0.05, 0.1) is 12.0 Å². The number of benzene rings is 2. The molecule has 0 saturated carbocycles. The molecule has 2 heterocycles. The number of phenols is 1. The molecule has 1 saturated heterocycles. The molecule has 0 radical (unpaired) electrons. The zero-order valence-electron chi connectivity index (χ0n) is 14.9. The minimum atomic E-state index is -1.42. The SMILES string of the molecule is O=c1c(O)c(-c2ccc(OC3OC(CO)C(O)C3O)c(O)c2)oc2ccccc12. The molecule has 4 unspecified atom stereocenters. The van der Waals surface area contributed by atoms with E-state index in [1.807, 2.05) is 0 Å². The van der Waals surface area contributed by atoms with Crippen molar-refractivity contribution in [3.8, 4) is 28.6 Å². The molecule has 9 heteroatoms. The van der Waals surface area contributed by atoms with Crippen LogP contribution in [0.5, 0.6) is 17.2 Å². The number of aromatic hydroxyl groups is 2. The highest BCUT2D eigenvalue weighted by Crippen LogP contribution is 2.37. The Balaban J connectivity index is 1.66. The van der Waals surface area contributed by atoms with Crippen LogP contribution in [0.25, 0.3) is 22.3 Å². The highest BCUT2D eigenvalue weighted by atomic mass is 16.7. The van der Waals surface area contributed by atoms with E-state index in [2.05, 4.69) is 0 Å². The van der Waals surface area contributed by atoms with Gasteiger partial charge in [0.25, 0.3) is 0 Å². The fraction of sp³-hybridized carbons (Fsp3) is 0.250. The zero-order chi connectivity index (χ0) is 20.7. The Kier molecular flexibility index (Phi) is 4.89. The third kappa shape index (κ3) is 3.30. The molecule has 152 valence electrons. The van der Waals surface area contributed by atoms with Gasteiger partial charge in [0, 0.05) is 5.56 Å². The van der Waals surface area contributed by atoms with E-state index in [9.17, 15) is 25.2 Å². The van der Waals surface area contributed by atoms with Gasteiger partial charge in [0.2, 0.25) is 17.5 Å². The first-order valence-electron chi connectivity index (χ1n) is 8.78. The fourth-order valence-electron chi connectivity index (χ4n) is 3.17. The lowest BCUT2D eigenvalue weighted by atomic mass is 10.1. The summed E-state index contributed by atoms with van der Waals surface area (Å²) in [7, 11) is 0. The lowest BCUT2D eigenvalue weighted by Gasteiger charge is -2.18. The van der Waals surface area contributed by atoms with Crippen molar-refractivity contribution >= 4 is 11.0 Å². The van der Waals surface area contributed by atoms with E-state index in [1.165, 1.54) is 24.3 Å². The van der Waals surface area contributed by atoms with Crippen LogP contribution in [0.4, 0.5) is 0 Å². The van der Waals surface area contributed by atoms with Gasteiger partial charge < -0.3 is 39.4 Å². The van der Waals surface area contributed by atoms with Gasteiger partial charge in [-0.3, -0.25) is 4.79 Å². The summed E-state index contributed by atoms with van der Waals surface area (Å²) in [6.07, 6.45) is -5.07. The average molecular weight is 402 g/mol. The normalized spacial score (nSPS) is 24.1. The lowest BCUT2D eigenvalue weighted by Crippen LogP contribution is -2.35. The molecule has 0 aliphatic carbocycles. The molecule has 9 nitrogen and oxygen atoms in total. The highest BCUT2D eigenvalue weighted by Gasteiger charge is 2.44. The Morgan fingerprint density at radius 2 is 1.79 bits per heavy atom. The van der Waals surface area contributed by atoms with Gasteiger partial charge >= 0.3 is 0 Å². The van der Waals surface area contributed by atoms with Crippen LogP contribution in [0, 0.1) is 0 Å². The Bertz CT molecular complexity index is 1110. The van der Waals surface area contributed by atoms with Gasteiger partial charge in [-0.15, -0.1) is 0 Å². The third-order valence-electron chi connectivity index (χ3n) is 4.74. The number of rotatable bonds is 4. The van der Waals surface area contributed by atoms with Crippen LogP contribution in [-0.4, -0.2) is 56.7 Å². The number of para-hydroxylation sites is 1. The summed E-state index contributed by atoms with van der Waals surface area (Å²) in [5.41, 5.74) is -0.110. The van der Waals surface area contributed by atoms with Crippen LogP contribution < -0.4 is 10.2 Å². The summed E-state index contributed by atoms with van der Waals surface area (Å²) in [5, 5.41) is 49.6. The van der Waals surface area contributed by atoms with Crippen LogP contribution in [0.3, 0.4) is 0 Å². The van der Waals surface area contributed by atoms with Crippen LogP contribution in [-0.2, 0) is 4.74 Å². The summed E-state index contributed by atoms with van der Waals surface area (Å²) in [4.78, 5) is 12.3. The largest absolute Gasteiger partial charge is 0.504 e. The van der Waals surface area contributed by atoms with E-state index in [1.54, 1.807) is 18.2 Å². The van der Waals surface area contributed by atoms with E-state index in [4.69, 9.17) is 19.0 Å². The second-order valence-corrected chi connectivity index (χ2v) is 6.61. The quantitative estimate of drug-likeness (QED) is 0.425. The number of hydrogen-bond acceptors (Lipinski definition) is 9. The molecule has 1 fully saturated rings. The molecule has 0 spiro atoms. The van der Waals surface area contributed by atoms with E-state index in [-0.39, 0.29) is 33.8 Å². The predicted octanol–water partition coefficient (Wildman–Crippen LogP) is 0.689. The standard InChI is InChI=1S/C20H18O9/c21-8-14-16(24)18(26)20(29-14)28-13-6-5-9(7-11(13)22)19-17(25)15(23)10-3-1-2-4-12(10)27-19/h1-7,14,16,18,20-22,24-26H,8H2. The third-order valence-corrected chi connectivity index (χ3v) is 4.74. The molecule has 29 heavy (non-hydrogen) atoms. The van der Waals surface area contributed by atoms with Gasteiger partial charge in [0.1, 0.15) is 23.9 Å². The molecule has 0 amide bonds. The summed E-state index contributed by atoms with van der Waals surface area (Å²) >= 11 is 0. The first kappa shape index (κ1) is 19.2. The van der Waals surface area contributed by atoms with Crippen molar-refractivity contribution in [1.29, 1.82) is 0 Å². The van der Waals surface area contributed by atoms with Gasteiger partial charge in [-0.1, -0.05) is 12.1 Å². The smallest absolute Gasteiger partial charge is 0.235 e. The summed E-state index contributed by atoms with van der Waals surface area (Å²) < 4.78 is 16.2. The van der Waals surface area contributed by atoms with Gasteiger partial charge in [-0.25, -0.2) is 0 Å². The Morgan fingerprint density at radius 1 is 1.03 bits per heavy atom. The molecule has 5 N–H and O–H groups in total. The summed E-state index contributed by atoms with van der Waals surface area (Å²) in [6.45, 7) is -0.511. The van der Waals surface area contributed by atoms with Crippen molar-refractivity contribution in [3.63, 3.8) is 0 Å². The van der Waals surface area contributed by atoms with E-state index in [0.29, 0.717) is 0 Å². The van der Waals surface area contributed by atoms with Crippen molar-refractivity contribution in [2.45, 2.75) is 24.6 Å². The fourth-order valence-corrected chi connectivity index (χ4v) is 3.17.